The highest BCUT2D eigenvalue weighted by Gasteiger charge is 2.30. The lowest BCUT2D eigenvalue weighted by Crippen LogP contribution is -2.29. The summed E-state index contributed by atoms with van der Waals surface area (Å²) in [5, 5.41) is 0.675. The molecule has 2 rings (SSSR count). The van der Waals surface area contributed by atoms with Gasteiger partial charge in [-0.15, -0.1) is 0 Å². The molecule has 0 aliphatic heterocycles. The minimum Gasteiger partial charge on any atom is -0.461 e. The number of esters is 1. The van der Waals surface area contributed by atoms with Crippen molar-refractivity contribution in [3.05, 3.63) is 27.5 Å². The summed E-state index contributed by atoms with van der Waals surface area (Å²) < 4.78 is 12.9. The third-order valence-electron chi connectivity index (χ3n) is 3.37. The van der Waals surface area contributed by atoms with Crippen LogP contribution >= 0.6 is 22.6 Å². The SMILES string of the molecule is CCOC(=O)c1c(N=CN(C)C)c2cc(I)ccc2n1C(=O)OC(C)(C)C. The smallest absolute Gasteiger partial charge is 0.419 e. The molecular weight excluding hydrogens is 461 g/mol. The van der Waals surface area contributed by atoms with Gasteiger partial charge < -0.3 is 14.4 Å². The minimum absolute atomic E-state index is 0.0567. The highest BCUT2D eigenvalue weighted by atomic mass is 127. The Hall–Kier alpha value is -2.10. The Balaban J connectivity index is 2.83. The molecule has 1 aromatic heterocycles. The molecule has 146 valence electrons. The number of aromatic nitrogens is 1. The van der Waals surface area contributed by atoms with Gasteiger partial charge in [0.05, 0.1) is 18.5 Å². The fourth-order valence-corrected chi connectivity index (χ4v) is 2.93. The zero-order valence-electron chi connectivity index (χ0n) is 16.4. The molecule has 8 heteroatoms. The van der Waals surface area contributed by atoms with Crippen LogP contribution in [0, 0.1) is 3.57 Å². The van der Waals surface area contributed by atoms with E-state index in [1.165, 1.54) is 4.57 Å². The molecular formula is C19H24IN3O4. The average Bonchev–Trinajstić information content (AvgIpc) is 2.85. The van der Waals surface area contributed by atoms with E-state index in [1.54, 1.807) is 45.0 Å². The van der Waals surface area contributed by atoms with E-state index in [0.29, 0.717) is 16.6 Å². The van der Waals surface area contributed by atoms with E-state index in [-0.39, 0.29) is 12.3 Å². The summed E-state index contributed by atoms with van der Waals surface area (Å²) in [5.41, 5.74) is 0.261. The molecule has 0 amide bonds. The van der Waals surface area contributed by atoms with Crippen LogP contribution in [0.3, 0.4) is 0 Å². The van der Waals surface area contributed by atoms with E-state index in [2.05, 4.69) is 27.6 Å². The zero-order valence-corrected chi connectivity index (χ0v) is 18.5. The van der Waals surface area contributed by atoms with Crippen LogP contribution in [-0.2, 0) is 9.47 Å². The van der Waals surface area contributed by atoms with Gasteiger partial charge in [0, 0.05) is 23.1 Å². The number of carbonyl (C=O) groups excluding carboxylic acids is 2. The molecule has 0 aliphatic rings. The molecule has 0 atom stereocenters. The number of fused-ring (bicyclic) bond motifs is 1. The molecule has 0 radical (unpaired) electrons. The van der Waals surface area contributed by atoms with Gasteiger partial charge in [0.2, 0.25) is 0 Å². The first-order valence-corrected chi connectivity index (χ1v) is 9.58. The number of nitrogens with zero attached hydrogens (tertiary/aromatic N) is 3. The second-order valence-corrected chi connectivity index (χ2v) is 8.35. The van der Waals surface area contributed by atoms with Crippen molar-refractivity contribution in [3.63, 3.8) is 0 Å². The molecule has 27 heavy (non-hydrogen) atoms. The fourth-order valence-electron chi connectivity index (χ4n) is 2.44. The number of hydrogen-bond acceptors (Lipinski definition) is 5. The number of benzene rings is 1. The Morgan fingerprint density at radius 3 is 2.52 bits per heavy atom. The lowest BCUT2D eigenvalue weighted by atomic mass is 10.2. The van der Waals surface area contributed by atoms with Gasteiger partial charge in [0.25, 0.3) is 0 Å². The highest BCUT2D eigenvalue weighted by molar-refractivity contribution is 14.1. The molecule has 0 N–H and O–H groups in total. The van der Waals surface area contributed by atoms with Crippen LogP contribution in [0.15, 0.2) is 23.2 Å². The molecule has 0 aliphatic carbocycles. The van der Waals surface area contributed by atoms with Crippen LogP contribution in [0.25, 0.3) is 10.9 Å². The molecule has 0 spiro atoms. The number of hydrogen-bond donors (Lipinski definition) is 0. The van der Waals surface area contributed by atoms with Crippen LogP contribution in [-0.4, -0.2) is 54.2 Å². The van der Waals surface area contributed by atoms with Crippen LogP contribution in [0.4, 0.5) is 10.5 Å². The van der Waals surface area contributed by atoms with Crippen molar-refractivity contribution < 1.29 is 19.1 Å². The maximum atomic E-state index is 12.9. The Morgan fingerprint density at radius 1 is 1.30 bits per heavy atom. The second kappa shape index (κ2) is 8.28. The molecule has 1 aromatic carbocycles. The number of carbonyl (C=O) groups is 2. The predicted molar refractivity (Wildman–Crippen MR) is 114 cm³/mol. The van der Waals surface area contributed by atoms with Gasteiger partial charge in [-0.05, 0) is 68.5 Å². The van der Waals surface area contributed by atoms with E-state index in [0.717, 1.165) is 3.57 Å². The van der Waals surface area contributed by atoms with Crippen LogP contribution in [0.5, 0.6) is 0 Å². The van der Waals surface area contributed by atoms with Gasteiger partial charge in [-0.3, -0.25) is 0 Å². The van der Waals surface area contributed by atoms with Gasteiger partial charge in [0.1, 0.15) is 11.3 Å². The topological polar surface area (TPSA) is 73.1 Å². The average molecular weight is 485 g/mol. The summed E-state index contributed by atoms with van der Waals surface area (Å²) in [7, 11) is 3.65. The van der Waals surface area contributed by atoms with Gasteiger partial charge in [-0.2, -0.15) is 0 Å². The summed E-state index contributed by atoms with van der Waals surface area (Å²) in [6.07, 6.45) is 0.930. The van der Waals surface area contributed by atoms with E-state index < -0.39 is 17.7 Å². The summed E-state index contributed by atoms with van der Waals surface area (Å²) >= 11 is 2.18. The number of rotatable bonds is 4. The number of halogens is 1. The third kappa shape index (κ3) is 5.00. The van der Waals surface area contributed by atoms with E-state index in [1.807, 2.05) is 26.2 Å². The molecule has 7 nitrogen and oxygen atoms in total. The summed E-state index contributed by atoms with van der Waals surface area (Å²) in [4.78, 5) is 31.8. The van der Waals surface area contributed by atoms with Gasteiger partial charge in [-0.25, -0.2) is 19.1 Å². The predicted octanol–water partition coefficient (Wildman–Crippen LogP) is 4.43. The van der Waals surface area contributed by atoms with Crippen molar-refractivity contribution >= 4 is 57.6 Å². The Morgan fingerprint density at radius 2 is 1.96 bits per heavy atom. The first kappa shape index (κ1) is 21.2. The molecule has 0 saturated heterocycles. The van der Waals surface area contributed by atoms with Crippen molar-refractivity contribution in [1.82, 2.24) is 9.47 Å². The number of aliphatic imine (C=N–C) groups is 1. The quantitative estimate of drug-likeness (QED) is 0.277. The van der Waals surface area contributed by atoms with Crippen molar-refractivity contribution in [3.8, 4) is 0 Å². The Labute approximate surface area is 172 Å². The van der Waals surface area contributed by atoms with Crippen molar-refractivity contribution in [2.45, 2.75) is 33.3 Å². The first-order chi connectivity index (χ1) is 12.5. The van der Waals surface area contributed by atoms with Crippen LogP contribution < -0.4 is 0 Å². The largest absolute Gasteiger partial charge is 0.461 e. The van der Waals surface area contributed by atoms with Gasteiger partial charge >= 0.3 is 12.1 Å². The second-order valence-electron chi connectivity index (χ2n) is 7.10. The fraction of sp³-hybridized carbons (Fsp3) is 0.421. The minimum atomic E-state index is -0.712. The molecule has 0 saturated carbocycles. The van der Waals surface area contributed by atoms with Gasteiger partial charge in [0.15, 0.2) is 5.69 Å². The number of ether oxygens (including phenoxy) is 2. The molecule has 0 unspecified atom stereocenters. The lowest BCUT2D eigenvalue weighted by Gasteiger charge is -2.20. The molecule has 2 aromatic rings. The monoisotopic (exact) mass is 485 g/mol. The third-order valence-corrected chi connectivity index (χ3v) is 4.04. The molecule has 0 fully saturated rings. The standard InChI is InChI=1S/C19H24IN3O4/c1-7-26-17(24)16-15(21-11-22(5)6)13-10-12(20)8-9-14(13)23(16)18(25)27-19(2,3)4/h8-11H,7H2,1-6H3. The maximum absolute atomic E-state index is 12.9. The summed E-state index contributed by atoms with van der Waals surface area (Å²) in [6, 6.07) is 5.51. The zero-order chi connectivity index (χ0) is 20.4. The van der Waals surface area contributed by atoms with E-state index >= 15 is 0 Å². The van der Waals surface area contributed by atoms with E-state index in [9.17, 15) is 9.59 Å². The first-order valence-electron chi connectivity index (χ1n) is 8.50. The van der Waals surface area contributed by atoms with Crippen LogP contribution in [0.2, 0.25) is 0 Å². The molecule has 1 heterocycles. The van der Waals surface area contributed by atoms with Crippen molar-refractivity contribution in [1.29, 1.82) is 0 Å². The molecule has 0 bridgehead atoms. The maximum Gasteiger partial charge on any atom is 0.419 e. The van der Waals surface area contributed by atoms with Crippen molar-refractivity contribution in [2.75, 3.05) is 20.7 Å². The van der Waals surface area contributed by atoms with Gasteiger partial charge in [-0.1, -0.05) is 0 Å². The highest BCUT2D eigenvalue weighted by Crippen LogP contribution is 2.35. The lowest BCUT2D eigenvalue weighted by molar-refractivity contribution is 0.0455. The Kier molecular flexibility index (Phi) is 6.50. The summed E-state index contributed by atoms with van der Waals surface area (Å²) in [5.74, 6) is -0.625. The van der Waals surface area contributed by atoms with Crippen molar-refractivity contribution in [2.24, 2.45) is 4.99 Å². The van der Waals surface area contributed by atoms with Crippen LogP contribution in [0.1, 0.15) is 38.2 Å². The van der Waals surface area contributed by atoms with E-state index in [4.69, 9.17) is 9.47 Å². The normalized spacial score (nSPS) is 11.8. The Bertz CT molecular complexity index is 894. The summed E-state index contributed by atoms with van der Waals surface area (Å²) in [6.45, 7) is 7.21.